The molecule has 1 aliphatic heterocycles. The van der Waals surface area contributed by atoms with Gasteiger partial charge in [-0.15, -0.1) is 11.3 Å². The van der Waals surface area contributed by atoms with Gasteiger partial charge in [-0.05, 0) is 24.7 Å². The normalized spacial score (nSPS) is 12.9. The second kappa shape index (κ2) is 7.43. The maximum absolute atomic E-state index is 12.0. The Balaban J connectivity index is 1.68. The smallest absolute Gasteiger partial charge is 0.270 e. The van der Waals surface area contributed by atoms with E-state index in [9.17, 15) is 4.79 Å². The minimum Gasteiger partial charge on any atom is -0.486 e. The number of ether oxygens (including phenoxy) is 2. The maximum atomic E-state index is 12.0. The number of amides is 1. The van der Waals surface area contributed by atoms with E-state index in [1.807, 2.05) is 25.1 Å². The van der Waals surface area contributed by atoms with Crippen LogP contribution >= 0.6 is 11.3 Å². The summed E-state index contributed by atoms with van der Waals surface area (Å²) in [5.74, 6) is 1.32. The number of benzene rings is 1. The number of hydrogen-bond acceptors (Lipinski definition) is 6. The van der Waals surface area contributed by atoms with Crippen LogP contribution in [0.3, 0.4) is 0 Å². The van der Waals surface area contributed by atoms with Gasteiger partial charge in [-0.2, -0.15) is 0 Å². The molecule has 23 heavy (non-hydrogen) atoms. The number of nitrogens with zero attached hydrogens (tertiary/aromatic N) is 1. The number of nitrogens with one attached hydrogen (secondary N) is 2. The van der Waals surface area contributed by atoms with Crippen molar-refractivity contribution in [1.82, 2.24) is 15.6 Å². The Morgan fingerprint density at radius 1 is 1.26 bits per heavy atom. The van der Waals surface area contributed by atoms with E-state index in [1.54, 1.807) is 5.38 Å². The number of aromatic nitrogens is 1. The van der Waals surface area contributed by atoms with Crippen molar-refractivity contribution in [1.29, 1.82) is 0 Å². The van der Waals surface area contributed by atoms with Gasteiger partial charge in [0, 0.05) is 24.0 Å². The van der Waals surface area contributed by atoms with Gasteiger partial charge in [0.1, 0.15) is 23.9 Å². The van der Waals surface area contributed by atoms with Crippen LogP contribution in [0.2, 0.25) is 0 Å². The molecule has 122 valence electrons. The standard InChI is InChI=1S/C16H19N3O3S/c1-2-17-5-6-18-15(20)12-10-23-16(19-12)11-3-4-13-14(9-11)22-8-7-21-13/h3-4,9-10,17H,2,5-8H2,1H3,(H,18,20). The van der Waals surface area contributed by atoms with Crippen molar-refractivity contribution < 1.29 is 14.3 Å². The van der Waals surface area contributed by atoms with Gasteiger partial charge in [0.2, 0.25) is 0 Å². The largest absolute Gasteiger partial charge is 0.486 e. The highest BCUT2D eigenvalue weighted by molar-refractivity contribution is 7.13. The fourth-order valence-electron chi connectivity index (χ4n) is 2.22. The summed E-state index contributed by atoms with van der Waals surface area (Å²) in [5, 5.41) is 8.57. The third-order valence-electron chi connectivity index (χ3n) is 3.36. The predicted octanol–water partition coefficient (Wildman–Crippen LogP) is 1.92. The second-order valence-electron chi connectivity index (χ2n) is 5.01. The number of carbonyl (C=O) groups is 1. The summed E-state index contributed by atoms with van der Waals surface area (Å²) < 4.78 is 11.1. The zero-order valence-corrected chi connectivity index (χ0v) is 13.7. The molecule has 7 heteroatoms. The molecular formula is C16H19N3O3S. The molecule has 1 aromatic heterocycles. The van der Waals surface area contributed by atoms with Gasteiger partial charge >= 0.3 is 0 Å². The van der Waals surface area contributed by atoms with Crippen molar-refractivity contribution in [2.24, 2.45) is 0 Å². The molecule has 6 nitrogen and oxygen atoms in total. The first-order valence-corrected chi connectivity index (χ1v) is 8.50. The van der Waals surface area contributed by atoms with Crippen LogP contribution in [-0.4, -0.2) is 43.7 Å². The lowest BCUT2D eigenvalue weighted by atomic mass is 10.2. The zero-order chi connectivity index (χ0) is 16.1. The first-order valence-electron chi connectivity index (χ1n) is 7.62. The fourth-order valence-corrected chi connectivity index (χ4v) is 3.02. The van der Waals surface area contributed by atoms with Gasteiger partial charge in [0.25, 0.3) is 5.91 Å². The van der Waals surface area contributed by atoms with Crippen LogP contribution in [0.5, 0.6) is 11.5 Å². The molecule has 3 rings (SSSR count). The first-order chi connectivity index (χ1) is 11.3. The minimum atomic E-state index is -0.150. The average Bonchev–Trinajstić information content (AvgIpc) is 3.08. The van der Waals surface area contributed by atoms with E-state index < -0.39 is 0 Å². The Kier molecular flexibility index (Phi) is 5.09. The lowest BCUT2D eigenvalue weighted by Gasteiger charge is -2.18. The Bertz CT molecular complexity index is 687. The number of carbonyl (C=O) groups excluding carboxylic acids is 1. The van der Waals surface area contributed by atoms with E-state index in [4.69, 9.17) is 9.47 Å². The first kappa shape index (κ1) is 15.8. The highest BCUT2D eigenvalue weighted by Gasteiger charge is 2.15. The third kappa shape index (κ3) is 3.80. The highest BCUT2D eigenvalue weighted by Crippen LogP contribution is 2.35. The molecule has 1 aromatic carbocycles. The molecule has 0 saturated heterocycles. The number of hydrogen-bond donors (Lipinski definition) is 2. The summed E-state index contributed by atoms with van der Waals surface area (Å²) in [6, 6.07) is 5.71. The van der Waals surface area contributed by atoms with Crippen LogP contribution in [0.15, 0.2) is 23.6 Å². The number of fused-ring (bicyclic) bond motifs is 1. The molecule has 0 unspecified atom stereocenters. The Morgan fingerprint density at radius 3 is 2.91 bits per heavy atom. The maximum Gasteiger partial charge on any atom is 0.270 e. The van der Waals surface area contributed by atoms with E-state index in [0.717, 1.165) is 35.2 Å². The van der Waals surface area contributed by atoms with Crippen LogP contribution < -0.4 is 20.1 Å². The highest BCUT2D eigenvalue weighted by atomic mass is 32.1. The number of likely N-dealkylation sites (N-methyl/N-ethyl adjacent to an activating group) is 1. The van der Waals surface area contributed by atoms with Gasteiger partial charge in [0.05, 0.1) is 0 Å². The van der Waals surface area contributed by atoms with Crippen molar-refractivity contribution in [3.63, 3.8) is 0 Å². The number of rotatable bonds is 6. The van der Waals surface area contributed by atoms with Crippen molar-refractivity contribution >= 4 is 17.2 Å². The molecule has 1 aliphatic rings. The van der Waals surface area contributed by atoms with Crippen molar-refractivity contribution in [3.05, 3.63) is 29.3 Å². The number of thiazole rings is 1. The molecule has 0 aliphatic carbocycles. The van der Waals surface area contributed by atoms with E-state index in [-0.39, 0.29) is 5.91 Å². The molecule has 0 fully saturated rings. The molecule has 2 aromatic rings. The third-order valence-corrected chi connectivity index (χ3v) is 4.25. The second-order valence-corrected chi connectivity index (χ2v) is 5.86. The quantitative estimate of drug-likeness (QED) is 0.790. The Hall–Kier alpha value is -2.12. The molecule has 0 saturated carbocycles. The fraction of sp³-hybridized carbons (Fsp3) is 0.375. The summed E-state index contributed by atoms with van der Waals surface area (Å²) in [6.07, 6.45) is 0. The van der Waals surface area contributed by atoms with Crippen LogP contribution in [0.1, 0.15) is 17.4 Å². The topological polar surface area (TPSA) is 72.5 Å². The van der Waals surface area contributed by atoms with Gasteiger partial charge in [-0.3, -0.25) is 4.79 Å². The molecule has 0 spiro atoms. The Morgan fingerprint density at radius 2 is 2.09 bits per heavy atom. The summed E-state index contributed by atoms with van der Waals surface area (Å²) in [6.45, 7) is 5.38. The molecule has 0 radical (unpaired) electrons. The SMILES string of the molecule is CCNCCNC(=O)c1csc(-c2ccc3c(c2)OCCO3)n1. The van der Waals surface area contributed by atoms with Crippen LogP contribution in [0, 0.1) is 0 Å². The van der Waals surface area contributed by atoms with E-state index >= 15 is 0 Å². The minimum absolute atomic E-state index is 0.150. The predicted molar refractivity (Wildman–Crippen MR) is 89.4 cm³/mol. The lowest BCUT2D eigenvalue weighted by molar-refractivity contribution is 0.0950. The molecule has 1 amide bonds. The molecule has 2 N–H and O–H groups in total. The van der Waals surface area contributed by atoms with Gasteiger partial charge in [-0.1, -0.05) is 6.92 Å². The van der Waals surface area contributed by atoms with Gasteiger partial charge in [0.15, 0.2) is 11.5 Å². The average molecular weight is 333 g/mol. The monoisotopic (exact) mass is 333 g/mol. The summed E-state index contributed by atoms with van der Waals surface area (Å²) in [4.78, 5) is 16.5. The van der Waals surface area contributed by atoms with Crippen molar-refractivity contribution in [3.8, 4) is 22.1 Å². The summed E-state index contributed by atoms with van der Waals surface area (Å²) in [7, 11) is 0. The zero-order valence-electron chi connectivity index (χ0n) is 12.9. The van der Waals surface area contributed by atoms with E-state index in [0.29, 0.717) is 25.5 Å². The molecule has 2 heterocycles. The Labute approximate surface area is 138 Å². The van der Waals surface area contributed by atoms with E-state index in [1.165, 1.54) is 11.3 Å². The molecular weight excluding hydrogens is 314 g/mol. The van der Waals surface area contributed by atoms with Crippen molar-refractivity contribution in [2.75, 3.05) is 32.8 Å². The van der Waals surface area contributed by atoms with Gasteiger partial charge in [-0.25, -0.2) is 4.98 Å². The van der Waals surface area contributed by atoms with Crippen molar-refractivity contribution in [2.45, 2.75) is 6.92 Å². The summed E-state index contributed by atoms with van der Waals surface area (Å²) >= 11 is 1.44. The summed E-state index contributed by atoms with van der Waals surface area (Å²) in [5.41, 5.74) is 1.36. The van der Waals surface area contributed by atoms with E-state index in [2.05, 4.69) is 15.6 Å². The van der Waals surface area contributed by atoms with Crippen LogP contribution in [0.25, 0.3) is 10.6 Å². The van der Waals surface area contributed by atoms with Crippen LogP contribution in [0.4, 0.5) is 0 Å². The van der Waals surface area contributed by atoms with Crippen LogP contribution in [-0.2, 0) is 0 Å². The molecule has 0 atom stereocenters. The lowest BCUT2D eigenvalue weighted by Crippen LogP contribution is -2.31. The van der Waals surface area contributed by atoms with Gasteiger partial charge < -0.3 is 20.1 Å². The molecule has 0 bridgehead atoms.